The van der Waals surface area contributed by atoms with Crippen LogP contribution in [0, 0.1) is 6.92 Å². The first-order chi connectivity index (χ1) is 10.4. The predicted octanol–water partition coefficient (Wildman–Crippen LogP) is 3.15. The number of nitrogens with zero attached hydrogens (tertiary/aromatic N) is 3. The highest BCUT2D eigenvalue weighted by Crippen LogP contribution is 2.25. The highest BCUT2D eigenvalue weighted by molar-refractivity contribution is 5.94. The molecule has 0 saturated carbocycles. The van der Waals surface area contributed by atoms with E-state index in [9.17, 15) is 4.79 Å². The van der Waals surface area contributed by atoms with Crippen LogP contribution in [0.4, 0.5) is 11.4 Å². The van der Waals surface area contributed by atoms with Gasteiger partial charge < -0.3 is 9.80 Å². The first kappa shape index (κ1) is 18.5. The van der Waals surface area contributed by atoms with Gasteiger partial charge in [0, 0.05) is 32.0 Å². The minimum atomic E-state index is 0.143. The standard InChI is InChI=1S/C18H31N3O/c1-7-12-21(9-3)14-18(22)20(6)16-11-10-15(4)17(13-16)19(5)8-2/h10-11,13H,7-9,12,14H2,1-6H3. The summed E-state index contributed by atoms with van der Waals surface area (Å²) in [6, 6.07) is 6.22. The number of hydrogen-bond donors (Lipinski definition) is 0. The quantitative estimate of drug-likeness (QED) is 0.738. The summed E-state index contributed by atoms with van der Waals surface area (Å²) in [7, 11) is 3.94. The van der Waals surface area contributed by atoms with E-state index in [-0.39, 0.29) is 5.91 Å². The zero-order chi connectivity index (χ0) is 16.7. The second-order valence-corrected chi connectivity index (χ2v) is 5.81. The Morgan fingerprint density at radius 2 is 1.77 bits per heavy atom. The first-order valence-corrected chi connectivity index (χ1v) is 8.25. The summed E-state index contributed by atoms with van der Waals surface area (Å²) < 4.78 is 0. The van der Waals surface area contributed by atoms with Gasteiger partial charge in [0.1, 0.15) is 0 Å². The molecule has 1 amide bonds. The molecule has 0 aliphatic rings. The molecule has 0 atom stereocenters. The Bertz CT molecular complexity index is 487. The third-order valence-corrected chi connectivity index (χ3v) is 4.19. The van der Waals surface area contributed by atoms with E-state index in [0.717, 1.165) is 31.7 Å². The Kier molecular flexibility index (Phi) is 7.39. The molecular weight excluding hydrogens is 274 g/mol. The lowest BCUT2D eigenvalue weighted by molar-refractivity contribution is -0.119. The summed E-state index contributed by atoms with van der Waals surface area (Å²) in [6.45, 7) is 11.8. The summed E-state index contributed by atoms with van der Waals surface area (Å²) in [4.78, 5) is 18.7. The Labute approximate surface area is 135 Å². The highest BCUT2D eigenvalue weighted by atomic mass is 16.2. The average molecular weight is 305 g/mol. The highest BCUT2D eigenvalue weighted by Gasteiger charge is 2.15. The van der Waals surface area contributed by atoms with Gasteiger partial charge in [-0.3, -0.25) is 9.69 Å². The van der Waals surface area contributed by atoms with Crippen LogP contribution in [0.3, 0.4) is 0 Å². The molecule has 0 spiro atoms. The fraction of sp³-hybridized carbons (Fsp3) is 0.611. The van der Waals surface area contributed by atoms with Gasteiger partial charge in [-0.25, -0.2) is 0 Å². The minimum Gasteiger partial charge on any atom is -0.375 e. The van der Waals surface area contributed by atoms with Crippen molar-refractivity contribution in [1.82, 2.24) is 4.90 Å². The second-order valence-electron chi connectivity index (χ2n) is 5.81. The molecule has 22 heavy (non-hydrogen) atoms. The van der Waals surface area contributed by atoms with Gasteiger partial charge >= 0.3 is 0 Å². The van der Waals surface area contributed by atoms with Crippen molar-refractivity contribution in [2.45, 2.75) is 34.1 Å². The summed E-state index contributed by atoms with van der Waals surface area (Å²) in [5.74, 6) is 0.143. The number of aryl methyl sites for hydroxylation is 1. The van der Waals surface area contributed by atoms with Crippen LogP contribution in [0.1, 0.15) is 32.8 Å². The van der Waals surface area contributed by atoms with Gasteiger partial charge in [-0.15, -0.1) is 0 Å². The molecule has 1 aromatic carbocycles. The maximum atomic E-state index is 12.5. The first-order valence-electron chi connectivity index (χ1n) is 8.25. The van der Waals surface area contributed by atoms with E-state index < -0.39 is 0 Å². The monoisotopic (exact) mass is 305 g/mol. The van der Waals surface area contributed by atoms with E-state index in [1.54, 1.807) is 4.90 Å². The third-order valence-electron chi connectivity index (χ3n) is 4.19. The Hall–Kier alpha value is -1.55. The normalized spacial score (nSPS) is 10.9. The zero-order valence-corrected chi connectivity index (χ0v) is 15.0. The van der Waals surface area contributed by atoms with Crippen LogP contribution in [0.25, 0.3) is 0 Å². The van der Waals surface area contributed by atoms with Crippen LogP contribution in [-0.4, -0.2) is 51.1 Å². The fourth-order valence-electron chi connectivity index (χ4n) is 2.49. The molecule has 4 heteroatoms. The predicted molar refractivity (Wildman–Crippen MR) is 95.9 cm³/mol. The number of likely N-dealkylation sites (N-methyl/N-ethyl adjacent to an activating group) is 2. The number of carbonyl (C=O) groups excluding carboxylic acids is 1. The maximum absolute atomic E-state index is 12.5. The molecular formula is C18H31N3O. The van der Waals surface area contributed by atoms with E-state index >= 15 is 0 Å². The van der Waals surface area contributed by atoms with Crippen molar-refractivity contribution in [3.63, 3.8) is 0 Å². The number of benzene rings is 1. The average Bonchev–Trinajstić information content (AvgIpc) is 2.53. The van der Waals surface area contributed by atoms with Crippen molar-refractivity contribution >= 4 is 17.3 Å². The van der Waals surface area contributed by atoms with Gasteiger partial charge in [-0.1, -0.05) is 19.9 Å². The number of rotatable bonds is 8. The molecule has 1 aromatic rings. The van der Waals surface area contributed by atoms with Crippen LogP contribution in [0.2, 0.25) is 0 Å². The molecule has 0 aromatic heterocycles. The smallest absolute Gasteiger partial charge is 0.240 e. The summed E-state index contributed by atoms with van der Waals surface area (Å²) in [6.07, 6.45) is 1.07. The van der Waals surface area contributed by atoms with E-state index in [1.807, 2.05) is 13.1 Å². The van der Waals surface area contributed by atoms with Crippen molar-refractivity contribution in [2.24, 2.45) is 0 Å². The molecule has 0 saturated heterocycles. The molecule has 0 aliphatic carbocycles. The topological polar surface area (TPSA) is 26.8 Å². The van der Waals surface area contributed by atoms with Gasteiger partial charge in [0.15, 0.2) is 0 Å². The van der Waals surface area contributed by atoms with Crippen molar-refractivity contribution in [2.75, 3.05) is 50.1 Å². The largest absolute Gasteiger partial charge is 0.375 e. The molecule has 1 rings (SSSR count). The zero-order valence-electron chi connectivity index (χ0n) is 15.0. The lowest BCUT2D eigenvalue weighted by atomic mass is 10.1. The van der Waals surface area contributed by atoms with Gasteiger partial charge in [-0.2, -0.15) is 0 Å². The number of anilines is 2. The molecule has 0 fully saturated rings. The second kappa shape index (κ2) is 8.79. The molecule has 0 bridgehead atoms. The van der Waals surface area contributed by atoms with Crippen LogP contribution in [-0.2, 0) is 4.79 Å². The molecule has 0 aliphatic heterocycles. The van der Waals surface area contributed by atoms with Crippen molar-refractivity contribution < 1.29 is 4.79 Å². The van der Waals surface area contributed by atoms with E-state index in [0.29, 0.717) is 6.54 Å². The third kappa shape index (κ3) is 4.73. The number of hydrogen-bond acceptors (Lipinski definition) is 3. The summed E-state index contributed by atoms with van der Waals surface area (Å²) >= 11 is 0. The van der Waals surface area contributed by atoms with Gasteiger partial charge in [0.25, 0.3) is 0 Å². The molecule has 0 N–H and O–H groups in total. The van der Waals surface area contributed by atoms with Crippen molar-refractivity contribution in [3.05, 3.63) is 23.8 Å². The van der Waals surface area contributed by atoms with E-state index in [2.05, 4.69) is 56.7 Å². The van der Waals surface area contributed by atoms with Crippen molar-refractivity contribution in [1.29, 1.82) is 0 Å². The van der Waals surface area contributed by atoms with Gasteiger partial charge in [-0.05, 0) is 51.1 Å². The van der Waals surface area contributed by atoms with Crippen molar-refractivity contribution in [3.8, 4) is 0 Å². The number of amides is 1. The number of carbonyl (C=O) groups is 1. The van der Waals surface area contributed by atoms with E-state index in [1.165, 1.54) is 11.3 Å². The van der Waals surface area contributed by atoms with Crippen LogP contribution < -0.4 is 9.80 Å². The summed E-state index contributed by atoms with van der Waals surface area (Å²) in [5.41, 5.74) is 3.37. The Morgan fingerprint density at radius 3 is 2.32 bits per heavy atom. The van der Waals surface area contributed by atoms with Crippen LogP contribution in [0.5, 0.6) is 0 Å². The molecule has 124 valence electrons. The lowest BCUT2D eigenvalue weighted by Gasteiger charge is -2.26. The Balaban J connectivity index is 2.88. The lowest BCUT2D eigenvalue weighted by Crippen LogP contribution is -2.38. The molecule has 0 radical (unpaired) electrons. The fourth-order valence-corrected chi connectivity index (χ4v) is 2.49. The molecule has 0 heterocycles. The van der Waals surface area contributed by atoms with Gasteiger partial charge in [0.2, 0.25) is 5.91 Å². The SMILES string of the molecule is CCCN(CC)CC(=O)N(C)c1ccc(C)c(N(C)CC)c1. The van der Waals surface area contributed by atoms with Crippen LogP contribution >= 0.6 is 0 Å². The minimum absolute atomic E-state index is 0.143. The molecule has 0 unspecified atom stereocenters. The van der Waals surface area contributed by atoms with E-state index in [4.69, 9.17) is 0 Å². The maximum Gasteiger partial charge on any atom is 0.240 e. The van der Waals surface area contributed by atoms with Crippen LogP contribution in [0.15, 0.2) is 18.2 Å². The van der Waals surface area contributed by atoms with Gasteiger partial charge in [0.05, 0.1) is 6.54 Å². The summed E-state index contributed by atoms with van der Waals surface area (Å²) in [5, 5.41) is 0. The Morgan fingerprint density at radius 1 is 1.09 bits per heavy atom. The molecule has 4 nitrogen and oxygen atoms in total.